The first kappa shape index (κ1) is 13.6. The monoisotopic (exact) mass is 265 g/mol. The maximum Gasteiger partial charge on any atom is 0.176 e. The molecule has 98 valence electrons. The van der Waals surface area contributed by atoms with Crippen molar-refractivity contribution in [2.75, 3.05) is 19.6 Å². The Morgan fingerprint density at radius 2 is 2.00 bits per heavy atom. The average Bonchev–Trinajstić information content (AvgIpc) is 2.28. The van der Waals surface area contributed by atoms with Crippen LogP contribution in [0.5, 0.6) is 0 Å². The summed E-state index contributed by atoms with van der Waals surface area (Å²) >= 11 is 5.82. The van der Waals surface area contributed by atoms with Gasteiger partial charge in [-0.1, -0.05) is 25.4 Å². The summed E-state index contributed by atoms with van der Waals surface area (Å²) < 4.78 is 0. The van der Waals surface area contributed by atoms with E-state index >= 15 is 0 Å². The molecule has 0 saturated carbocycles. The Morgan fingerprint density at radius 3 is 2.61 bits per heavy atom. The number of carbonyl (C=O) groups is 1. The van der Waals surface area contributed by atoms with Crippen LogP contribution in [0.4, 0.5) is 0 Å². The minimum Gasteiger partial charge on any atom is -0.295 e. The molecule has 0 atom stereocenters. The van der Waals surface area contributed by atoms with E-state index in [2.05, 4.69) is 18.7 Å². The van der Waals surface area contributed by atoms with E-state index in [0.717, 1.165) is 18.7 Å². The van der Waals surface area contributed by atoms with Gasteiger partial charge in [-0.2, -0.15) is 0 Å². The standard InChI is InChI=1S/C15H20ClNO/c1-15(2)8-3-9-17(11-15)10-14(18)12-4-6-13(16)7-5-12/h4-7H,3,8-11H2,1-2H3. The third-order valence-electron chi connectivity index (χ3n) is 3.51. The van der Waals surface area contributed by atoms with Crippen LogP contribution in [-0.4, -0.2) is 30.3 Å². The van der Waals surface area contributed by atoms with Gasteiger partial charge >= 0.3 is 0 Å². The van der Waals surface area contributed by atoms with Crippen molar-refractivity contribution in [3.8, 4) is 0 Å². The first-order chi connectivity index (χ1) is 8.46. The van der Waals surface area contributed by atoms with Crippen LogP contribution in [0.25, 0.3) is 0 Å². The number of rotatable bonds is 3. The summed E-state index contributed by atoms with van der Waals surface area (Å²) in [5, 5.41) is 0.672. The van der Waals surface area contributed by atoms with Crippen molar-refractivity contribution in [1.82, 2.24) is 4.90 Å². The number of carbonyl (C=O) groups excluding carboxylic acids is 1. The molecular weight excluding hydrogens is 246 g/mol. The largest absolute Gasteiger partial charge is 0.295 e. The fourth-order valence-electron chi connectivity index (χ4n) is 2.61. The number of halogens is 1. The summed E-state index contributed by atoms with van der Waals surface area (Å²) in [7, 11) is 0. The fraction of sp³-hybridized carbons (Fsp3) is 0.533. The molecule has 0 bridgehead atoms. The summed E-state index contributed by atoms with van der Waals surface area (Å²) in [5.74, 6) is 0.185. The molecule has 0 aromatic heterocycles. The summed E-state index contributed by atoms with van der Waals surface area (Å²) in [5.41, 5.74) is 1.08. The molecule has 2 nitrogen and oxygen atoms in total. The Balaban J connectivity index is 1.97. The number of likely N-dealkylation sites (tertiary alicyclic amines) is 1. The second-order valence-electron chi connectivity index (χ2n) is 5.91. The van der Waals surface area contributed by atoms with E-state index in [1.165, 1.54) is 12.8 Å². The van der Waals surface area contributed by atoms with Crippen molar-refractivity contribution in [1.29, 1.82) is 0 Å². The van der Waals surface area contributed by atoms with Crippen molar-refractivity contribution in [3.63, 3.8) is 0 Å². The van der Waals surface area contributed by atoms with Gasteiger partial charge in [0.15, 0.2) is 5.78 Å². The van der Waals surface area contributed by atoms with E-state index < -0.39 is 0 Å². The molecule has 1 aliphatic rings. The van der Waals surface area contributed by atoms with Crippen LogP contribution in [0, 0.1) is 5.41 Å². The maximum absolute atomic E-state index is 12.2. The molecule has 1 heterocycles. The number of Topliss-reactive ketones (excluding diaryl/α,β-unsaturated/α-hetero) is 1. The highest BCUT2D eigenvalue weighted by Gasteiger charge is 2.27. The maximum atomic E-state index is 12.2. The molecule has 0 radical (unpaired) electrons. The predicted molar refractivity (Wildman–Crippen MR) is 75.2 cm³/mol. The molecule has 0 N–H and O–H groups in total. The number of nitrogens with zero attached hydrogens (tertiary/aromatic N) is 1. The normalized spacial score (nSPS) is 19.7. The van der Waals surface area contributed by atoms with Gasteiger partial charge in [-0.3, -0.25) is 9.69 Å². The van der Waals surface area contributed by atoms with Gasteiger partial charge in [0.25, 0.3) is 0 Å². The molecule has 0 spiro atoms. The molecule has 1 aromatic carbocycles. The van der Waals surface area contributed by atoms with Crippen molar-refractivity contribution >= 4 is 17.4 Å². The molecule has 1 saturated heterocycles. The van der Waals surface area contributed by atoms with Crippen LogP contribution < -0.4 is 0 Å². The molecule has 1 aromatic rings. The van der Waals surface area contributed by atoms with Crippen molar-refractivity contribution in [3.05, 3.63) is 34.9 Å². The predicted octanol–water partition coefficient (Wildman–Crippen LogP) is 3.64. The SMILES string of the molecule is CC1(C)CCCN(CC(=O)c2ccc(Cl)cc2)C1. The topological polar surface area (TPSA) is 20.3 Å². The zero-order chi connectivity index (χ0) is 13.2. The highest BCUT2D eigenvalue weighted by Crippen LogP contribution is 2.28. The van der Waals surface area contributed by atoms with Crippen molar-refractivity contribution in [2.24, 2.45) is 5.41 Å². The number of benzene rings is 1. The van der Waals surface area contributed by atoms with Gasteiger partial charge in [0.05, 0.1) is 6.54 Å². The number of hydrogen-bond donors (Lipinski definition) is 0. The van der Waals surface area contributed by atoms with Gasteiger partial charge in [0.2, 0.25) is 0 Å². The van der Waals surface area contributed by atoms with E-state index in [9.17, 15) is 4.79 Å². The third kappa shape index (κ3) is 3.56. The summed E-state index contributed by atoms with van der Waals surface area (Å²) in [6.45, 7) is 7.10. The minimum absolute atomic E-state index is 0.185. The molecule has 0 unspecified atom stereocenters. The van der Waals surface area contributed by atoms with Crippen LogP contribution in [0.15, 0.2) is 24.3 Å². The summed E-state index contributed by atoms with van der Waals surface area (Å²) in [4.78, 5) is 14.4. The van der Waals surface area contributed by atoms with E-state index in [0.29, 0.717) is 17.0 Å². The lowest BCUT2D eigenvalue weighted by Gasteiger charge is -2.37. The van der Waals surface area contributed by atoms with Gasteiger partial charge in [0, 0.05) is 17.1 Å². The lowest BCUT2D eigenvalue weighted by Crippen LogP contribution is -2.42. The number of ketones is 1. The Bertz CT molecular complexity index is 425. The number of hydrogen-bond acceptors (Lipinski definition) is 2. The molecular formula is C15H20ClNO. The Morgan fingerprint density at radius 1 is 1.33 bits per heavy atom. The Hall–Kier alpha value is -0.860. The molecule has 1 fully saturated rings. The molecule has 2 rings (SSSR count). The van der Waals surface area contributed by atoms with Crippen LogP contribution in [-0.2, 0) is 0 Å². The average molecular weight is 266 g/mol. The minimum atomic E-state index is 0.185. The second kappa shape index (κ2) is 5.41. The molecule has 0 amide bonds. The quantitative estimate of drug-likeness (QED) is 0.778. The zero-order valence-electron chi connectivity index (χ0n) is 11.1. The van der Waals surface area contributed by atoms with Gasteiger partial charge in [-0.05, 0) is 49.1 Å². The highest BCUT2D eigenvalue weighted by atomic mass is 35.5. The van der Waals surface area contributed by atoms with Crippen molar-refractivity contribution in [2.45, 2.75) is 26.7 Å². The molecule has 3 heteroatoms. The zero-order valence-corrected chi connectivity index (χ0v) is 11.8. The molecule has 18 heavy (non-hydrogen) atoms. The van der Waals surface area contributed by atoms with E-state index in [1.807, 2.05) is 0 Å². The summed E-state index contributed by atoms with van der Waals surface area (Å²) in [6.07, 6.45) is 2.43. The smallest absolute Gasteiger partial charge is 0.176 e. The second-order valence-corrected chi connectivity index (χ2v) is 6.34. The van der Waals surface area contributed by atoms with Crippen LogP contribution in [0.1, 0.15) is 37.0 Å². The fourth-order valence-corrected chi connectivity index (χ4v) is 2.74. The lowest BCUT2D eigenvalue weighted by atomic mass is 9.84. The van der Waals surface area contributed by atoms with Crippen molar-refractivity contribution < 1.29 is 4.79 Å². The molecule has 0 aliphatic carbocycles. The third-order valence-corrected chi connectivity index (χ3v) is 3.76. The highest BCUT2D eigenvalue weighted by molar-refractivity contribution is 6.30. The van der Waals surface area contributed by atoms with E-state index in [1.54, 1.807) is 24.3 Å². The van der Waals surface area contributed by atoms with E-state index in [-0.39, 0.29) is 5.78 Å². The van der Waals surface area contributed by atoms with Crippen LogP contribution in [0.3, 0.4) is 0 Å². The Kier molecular flexibility index (Phi) is 4.08. The van der Waals surface area contributed by atoms with Gasteiger partial charge in [-0.25, -0.2) is 0 Å². The van der Waals surface area contributed by atoms with Crippen LogP contribution in [0.2, 0.25) is 5.02 Å². The van der Waals surface area contributed by atoms with Crippen LogP contribution >= 0.6 is 11.6 Å². The van der Waals surface area contributed by atoms with Gasteiger partial charge in [0.1, 0.15) is 0 Å². The molecule has 1 aliphatic heterocycles. The lowest BCUT2D eigenvalue weighted by molar-refractivity contribution is 0.0810. The first-order valence-corrected chi connectivity index (χ1v) is 6.85. The first-order valence-electron chi connectivity index (χ1n) is 6.47. The van der Waals surface area contributed by atoms with Gasteiger partial charge in [-0.15, -0.1) is 0 Å². The van der Waals surface area contributed by atoms with Gasteiger partial charge < -0.3 is 0 Å². The summed E-state index contributed by atoms with van der Waals surface area (Å²) in [6, 6.07) is 7.16. The van der Waals surface area contributed by atoms with E-state index in [4.69, 9.17) is 11.6 Å². The number of piperidine rings is 1. The Labute approximate surface area is 114 Å².